The van der Waals surface area contributed by atoms with E-state index in [1.54, 1.807) is 6.92 Å². The predicted molar refractivity (Wildman–Crippen MR) is 54.8 cm³/mol. The van der Waals surface area contributed by atoms with Gasteiger partial charge in [-0.2, -0.15) is 0 Å². The summed E-state index contributed by atoms with van der Waals surface area (Å²) in [6, 6.07) is 9.62. The quantitative estimate of drug-likeness (QED) is 0.442. The molecule has 0 radical (unpaired) electrons. The molecule has 0 bridgehead atoms. The van der Waals surface area contributed by atoms with Gasteiger partial charge in [-0.15, -0.1) is 0 Å². The lowest BCUT2D eigenvalue weighted by Crippen LogP contribution is -2.30. The third kappa shape index (κ3) is 3.47. The Bertz CT molecular complexity index is 328. The highest BCUT2D eigenvalue weighted by molar-refractivity contribution is 5.16. The standard InChI is InChI=1S/C10H13N3O/c1-10(14,8-12-13-11)7-9-5-3-2-4-6-9/h2-6,14H,7-8H2,1H3. The molecule has 0 amide bonds. The molecule has 1 unspecified atom stereocenters. The van der Waals surface area contributed by atoms with Crippen molar-refractivity contribution in [1.29, 1.82) is 0 Å². The van der Waals surface area contributed by atoms with Gasteiger partial charge < -0.3 is 5.11 Å². The van der Waals surface area contributed by atoms with Crippen molar-refractivity contribution in [2.75, 3.05) is 6.54 Å². The van der Waals surface area contributed by atoms with Crippen LogP contribution in [0.1, 0.15) is 12.5 Å². The second-order valence-electron chi connectivity index (χ2n) is 3.55. The molecule has 4 nitrogen and oxygen atoms in total. The summed E-state index contributed by atoms with van der Waals surface area (Å²) < 4.78 is 0. The third-order valence-electron chi connectivity index (χ3n) is 1.90. The van der Waals surface area contributed by atoms with Crippen LogP contribution in [-0.2, 0) is 6.42 Å². The van der Waals surface area contributed by atoms with Crippen LogP contribution in [0.5, 0.6) is 0 Å². The van der Waals surface area contributed by atoms with E-state index in [0.29, 0.717) is 6.42 Å². The number of hydrogen-bond donors (Lipinski definition) is 1. The van der Waals surface area contributed by atoms with Crippen molar-refractivity contribution in [1.82, 2.24) is 0 Å². The number of aliphatic hydroxyl groups is 1. The van der Waals surface area contributed by atoms with E-state index >= 15 is 0 Å². The van der Waals surface area contributed by atoms with Crippen LogP contribution in [-0.4, -0.2) is 17.3 Å². The Kier molecular flexibility index (Phi) is 3.51. The van der Waals surface area contributed by atoms with Gasteiger partial charge in [-0.25, -0.2) is 0 Å². The van der Waals surface area contributed by atoms with E-state index in [-0.39, 0.29) is 6.54 Å². The lowest BCUT2D eigenvalue weighted by Gasteiger charge is -2.20. The molecule has 1 N–H and O–H groups in total. The molecule has 1 aromatic carbocycles. The average molecular weight is 191 g/mol. The van der Waals surface area contributed by atoms with Gasteiger partial charge in [0.15, 0.2) is 0 Å². The van der Waals surface area contributed by atoms with Gasteiger partial charge in [0.25, 0.3) is 0 Å². The zero-order valence-corrected chi connectivity index (χ0v) is 8.09. The van der Waals surface area contributed by atoms with Crippen molar-refractivity contribution in [3.8, 4) is 0 Å². The molecule has 4 heteroatoms. The smallest absolute Gasteiger partial charge is 0.0716 e. The molecule has 14 heavy (non-hydrogen) atoms. The molecule has 1 rings (SSSR count). The van der Waals surface area contributed by atoms with E-state index in [0.717, 1.165) is 5.56 Å². The summed E-state index contributed by atoms with van der Waals surface area (Å²) in [5.41, 5.74) is 8.21. The van der Waals surface area contributed by atoms with Crippen LogP contribution in [0.3, 0.4) is 0 Å². The van der Waals surface area contributed by atoms with E-state index in [1.807, 2.05) is 30.3 Å². The molecule has 0 fully saturated rings. The summed E-state index contributed by atoms with van der Waals surface area (Å²) in [7, 11) is 0. The van der Waals surface area contributed by atoms with Gasteiger partial charge in [0, 0.05) is 11.3 Å². The van der Waals surface area contributed by atoms with Crippen molar-refractivity contribution in [3.63, 3.8) is 0 Å². The fourth-order valence-corrected chi connectivity index (χ4v) is 1.28. The molecular weight excluding hydrogens is 178 g/mol. The first-order chi connectivity index (χ1) is 6.64. The summed E-state index contributed by atoms with van der Waals surface area (Å²) in [5, 5.41) is 13.2. The third-order valence-corrected chi connectivity index (χ3v) is 1.90. The Morgan fingerprint density at radius 2 is 2.07 bits per heavy atom. The maximum Gasteiger partial charge on any atom is 0.0716 e. The van der Waals surface area contributed by atoms with E-state index in [2.05, 4.69) is 10.0 Å². The minimum Gasteiger partial charge on any atom is -0.390 e. The summed E-state index contributed by atoms with van der Waals surface area (Å²) in [4.78, 5) is 2.63. The van der Waals surface area contributed by atoms with E-state index < -0.39 is 5.60 Å². The van der Waals surface area contributed by atoms with E-state index in [9.17, 15) is 5.11 Å². The monoisotopic (exact) mass is 191 g/mol. The van der Waals surface area contributed by atoms with Crippen LogP contribution in [0.25, 0.3) is 10.4 Å². The Morgan fingerprint density at radius 3 is 2.64 bits per heavy atom. The normalized spacial score (nSPS) is 14.1. The van der Waals surface area contributed by atoms with Crippen molar-refractivity contribution in [2.45, 2.75) is 18.9 Å². The van der Waals surface area contributed by atoms with Crippen LogP contribution >= 0.6 is 0 Å². The molecule has 0 heterocycles. The molecule has 0 aromatic heterocycles. The molecule has 1 aromatic rings. The largest absolute Gasteiger partial charge is 0.390 e. The van der Waals surface area contributed by atoms with Crippen molar-refractivity contribution in [2.24, 2.45) is 5.11 Å². The molecule has 0 saturated carbocycles. The van der Waals surface area contributed by atoms with Gasteiger partial charge in [-0.1, -0.05) is 35.4 Å². The van der Waals surface area contributed by atoms with Crippen LogP contribution in [0.15, 0.2) is 35.4 Å². The Balaban J connectivity index is 2.63. The Morgan fingerprint density at radius 1 is 1.43 bits per heavy atom. The van der Waals surface area contributed by atoms with Gasteiger partial charge in [-0.3, -0.25) is 0 Å². The first kappa shape index (κ1) is 10.6. The van der Waals surface area contributed by atoms with Crippen LogP contribution in [0.2, 0.25) is 0 Å². The van der Waals surface area contributed by atoms with Gasteiger partial charge in [0.05, 0.1) is 12.1 Å². The van der Waals surface area contributed by atoms with Crippen LogP contribution in [0, 0.1) is 0 Å². The van der Waals surface area contributed by atoms with Crippen molar-refractivity contribution < 1.29 is 5.11 Å². The van der Waals surface area contributed by atoms with E-state index in [1.165, 1.54) is 0 Å². The molecular formula is C10H13N3O. The molecule has 0 spiro atoms. The lowest BCUT2D eigenvalue weighted by atomic mass is 9.97. The van der Waals surface area contributed by atoms with Gasteiger partial charge >= 0.3 is 0 Å². The molecule has 0 aliphatic carbocycles. The highest BCUT2D eigenvalue weighted by Crippen LogP contribution is 2.13. The van der Waals surface area contributed by atoms with Gasteiger partial charge in [0.1, 0.15) is 0 Å². The van der Waals surface area contributed by atoms with Crippen LogP contribution in [0.4, 0.5) is 0 Å². The average Bonchev–Trinajstić information content (AvgIpc) is 2.16. The summed E-state index contributed by atoms with van der Waals surface area (Å²) >= 11 is 0. The second kappa shape index (κ2) is 4.65. The molecule has 74 valence electrons. The highest BCUT2D eigenvalue weighted by atomic mass is 16.3. The summed E-state index contributed by atoms with van der Waals surface area (Å²) in [6.45, 7) is 1.76. The fourth-order valence-electron chi connectivity index (χ4n) is 1.28. The van der Waals surface area contributed by atoms with Gasteiger partial charge in [0.2, 0.25) is 0 Å². The number of nitrogens with zero attached hydrogens (tertiary/aromatic N) is 3. The molecule has 1 atom stereocenters. The second-order valence-corrected chi connectivity index (χ2v) is 3.55. The zero-order valence-electron chi connectivity index (χ0n) is 8.09. The molecule has 0 saturated heterocycles. The first-order valence-electron chi connectivity index (χ1n) is 4.41. The maximum absolute atomic E-state index is 9.83. The summed E-state index contributed by atoms with van der Waals surface area (Å²) in [6.07, 6.45) is 0.493. The minimum atomic E-state index is -0.965. The Labute approximate surface area is 82.8 Å². The number of benzene rings is 1. The molecule has 0 aliphatic heterocycles. The Hall–Kier alpha value is -1.51. The SMILES string of the molecule is CC(O)(CN=[N+]=[N-])Cc1ccccc1. The topological polar surface area (TPSA) is 69.0 Å². The predicted octanol–water partition coefficient (Wildman–Crippen LogP) is 2.29. The molecule has 0 aliphatic rings. The first-order valence-corrected chi connectivity index (χ1v) is 4.41. The van der Waals surface area contributed by atoms with Crippen molar-refractivity contribution >= 4 is 0 Å². The lowest BCUT2D eigenvalue weighted by molar-refractivity contribution is 0.0698. The maximum atomic E-state index is 9.83. The fraction of sp³-hybridized carbons (Fsp3) is 0.400. The van der Waals surface area contributed by atoms with E-state index in [4.69, 9.17) is 5.53 Å². The number of azide groups is 1. The minimum absolute atomic E-state index is 0.0956. The summed E-state index contributed by atoms with van der Waals surface area (Å²) in [5.74, 6) is 0. The highest BCUT2D eigenvalue weighted by Gasteiger charge is 2.19. The number of hydrogen-bond acceptors (Lipinski definition) is 2. The van der Waals surface area contributed by atoms with Crippen LogP contribution < -0.4 is 0 Å². The number of rotatable bonds is 4. The zero-order chi connectivity index (χ0) is 10.4. The van der Waals surface area contributed by atoms with Gasteiger partial charge in [-0.05, 0) is 18.0 Å². The van der Waals surface area contributed by atoms with Crippen molar-refractivity contribution in [3.05, 3.63) is 46.3 Å².